The highest BCUT2D eigenvalue weighted by atomic mass is 14.9. The fourth-order valence-electron chi connectivity index (χ4n) is 2.21. The van der Waals surface area contributed by atoms with Crippen molar-refractivity contribution in [2.24, 2.45) is 17.6 Å². The maximum Gasteiger partial charge on any atom is -0.00111 e. The van der Waals surface area contributed by atoms with E-state index in [1.165, 1.54) is 45.1 Å². The van der Waals surface area contributed by atoms with Crippen LogP contribution in [0.15, 0.2) is 0 Å². The lowest BCUT2D eigenvalue weighted by Gasteiger charge is -2.21. The fraction of sp³-hybridized carbons (Fsp3) is 1.00. The second-order valence-electron chi connectivity index (χ2n) is 4.84. The fourth-order valence-corrected chi connectivity index (χ4v) is 2.21. The van der Waals surface area contributed by atoms with Crippen LogP contribution in [0.25, 0.3) is 0 Å². The minimum atomic E-state index is 0.626. The molecular formula is C12H26N2. The molecule has 0 aromatic heterocycles. The second-order valence-corrected chi connectivity index (χ2v) is 4.84. The van der Waals surface area contributed by atoms with Crippen LogP contribution in [0.4, 0.5) is 0 Å². The van der Waals surface area contributed by atoms with E-state index in [0.29, 0.717) is 5.92 Å². The van der Waals surface area contributed by atoms with E-state index in [-0.39, 0.29) is 0 Å². The quantitative estimate of drug-likeness (QED) is 0.642. The minimum absolute atomic E-state index is 0.626. The minimum Gasteiger partial charge on any atom is -0.330 e. The normalized spacial score (nSPS) is 21.0. The molecule has 1 fully saturated rings. The third-order valence-electron chi connectivity index (χ3n) is 3.35. The Morgan fingerprint density at radius 1 is 1.29 bits per heavy atom. The Morgan fingerprint density at radius 3 is 2.64 bits per heavy atom. The highest BCUT2D eigenvalue weighted by Gasteiger charge is 2.12. The van der Waals surface area contributed by atoms with Crippen LogP contribution in [0.5, 0.6) is 0 Å². The Morgan fingerprint density at radius 2 is 2.00 bits per heavy atom. The number of nitrogens with two attached hydrogens (primary N) is 1. The van der Waals surface area contributed by atoms with Crippen molar-refractivity contribution in [3.8, 4) is 0 Å². The van der Waals surface area contributed by atoms with E-state index in [1.54, 1.807) is 0 Å². The van der Waals surface area contributed by atoms with Crippen molar-refractivity contribution in [1.29, 1.82) is 0 Å². The van der Waals surface area contributed by atoms with E-state index in [1.807, 2.05) is 0 Å². The SMILES string of the molecule is CC(CN)CNCCC1CCCCC1. The molecule has 0 radical (unpaired) electrons. The lowest BCUT2D eigenvalue weighted by molar-refractivity contribution is 0.331. The van der Waals surface area contributed by atoms with Crippen LogP contribution < -0.4 is 11.1 Å². The van der Waals surface area contributed by atoms with E-state index in [4.69, 9.17) is 5.73 Å². The van der Waals surface area contributed by atoms with Crippen LogP contribution in [-0.4, -0.2) is 19.6 Å². The first-order valence-electron chi connectivity index (χ1n) is 6.23. The molecular weight excluding hydrogens is 172 g/mol. The molecule has 2 nitrogen and oxygen atoms in total. The van der Waals surface area contributed by atoms with Gasteiger partial charge in [0.25, 0.3) is 0 Å². The molecule has 0 amide bonds. The first-order chi connectivity index (χ1) is 6.83. The van der Waals surface area contributed by atoms with Gasteiger partial charge in [0.2, 0.25) is 0 Å². The summed E-state index contributed by atoms with van der Waals surface area (Å²) in [5.41, 5.74) is 5.56. The summed E-state index contributed by atoms with van der Waals surface area (Å²) in [6, 6.07) is 0. The molecule has 14 heavy (non-hydrogen) atoms. The van der Waals surface area contributed by atoms with E-state index in [2.05, 4.69) is 12.2 Å². The first kappa shape index (κ1) is 12.0. The molecule has 0 spiro atoms. The molecule has 0 heterocycles. The molecule has 1 saturated carbocycles. The zero-order valence-electron chi connectivity index (χ0n) is 9.60. The van der Waals surface area contributed by atoms with Crippen LogP contribution >= 0.6 is 0 Å². The zero-order chi connectivity index (χ0) is 10.2. The predicted molar refractivity (Wildman–Crippen MR) is 62.3 cm³/mol. The summed E-state index contributed by atoms with van der Waals surface area (Å²) < 4.78 is 0. The van der Waals surface area contributed by atoms with Gasteiger partial charge in [0.15, 0.2) is 0 Å². The molecule has 1 aliphatic carbocycles. The summed E-state index contributed by atoms with van der Waals surface area (Å²) in [4.78, 5) is 0. The molecule has 3 N–H and O–H groups in total. The molecule has 1 atom stereocenters. The van der Waals surface area contributed by atoms with Gasteiger partial charge in [-0.3, -0.25) is 0 Å². The van der Waals surface area contributed by atoms with E-state index >= 15 is 0 Å². The lowest BCUT2D eigenvalue weighted by atomic mass is 9.87. The molecule has 0 saturated heterocycles. The number of rotatable bonds is 6. The van der Waals surface area contributed by atoms with Crippen molar-refractivity contribution >= 4 is 0 Å². The van der Waals surface area contributed by atoms with Gasteiger partial charge in [-0.2, -0.15) is 0 Å². The van der Waals surface area contributed by atoms with Gasteiger partial charge in [0.05, 0.1) is 0 Å². The Labute approximate surface area is 88.6 Å². The average molecular weight is 198 g/mol. The zero-order valence-corrected chi connectivity index (χ0v) is 9.60. The van der Waals surface area contributed by atoms with Gasteiger partial charge in [0.1, 0.15) is 0 Å². The van der Waals surface area contributed by atoms with E-state index in [0.717, 1.165) is 19.0 Å². The maximum absolute atomic E-state index is 5.56. The van der Waals surface area contributed by atoms with Crippen molar-refractivity contribution < 1.29 is 0 Å². The Kier molecular flexibility index (Phi) is 6.20. The largest absolute Gasteiger partial charge is 0.330 e. The van der Waals surface area contributed by atoms with Crippen molar-refractivity contribution in [3.63, 3.8) is 0 Å². The highest BCUT2D eigenvalue weighted by Crippen LogP contribution is 2.25. The van der Waals surface area contributed by atoms with E-state index in [9.17, 15) is 0 Å². The molecule has 2 heteroatoms. The highest BCUT2D eigenvalue weighted by molar-refractivity contribution is 4.67. The first-order valence-corrected chi connectivity index (χ1v) is 6.23. The van der Waals surface area contributed by atoms with Crippen LogP contribution in [0.1, 0.15) is 45.4 Å². The predicted octanol–water partition coefficient (Wildman–Crippen LogP) is 2.14. The summed E-state index contributed by atoms with van der Waals surface area (Å²) in [7, 11) is 0. The number of hydrogen-bond acceptors (Lipinski definition) is 2. The van der Waals surface area contributed by atoms with Crippen LogP contribution in [-0.2, 0) is 0 Å². The topological polar surface area (TPSA) is 38.0 Å². The van der Waals surface area contributed by atoms with Crippen molar-refractivity contribution in [3.05, 3.63) is 0 Å². The van der Waals surface area contributed by atoms with Crippen molar-refractivity contribution in [2.75, 3.05) is 19.6 Å². The van der Waals surface area contributed by atoms with Crippen molar-refractivity contribution in [1.82, 2.24) is 5.32 Å². The third kappa shape index (κ3) is 4.97. The Hall–Kier alpha value is -0.0800. The molecule has 0 aliphatic heterocycles. The Bertz CT molecular complexity index is 130. The van der Waals surface area contributed by atoms with Gasteiger partial charge >= 0.3 is 0 Å². The molecule has 1 rings (SSSR count). The van der Waals surface area contributed by atoms with Gasteiger partial charge in [-0.05, 0) is 37.9 Å². The second kappa shape index (κ2) is 7.24. The molecule has 0 aromatic rings. The lowest BCUT2D eigenvalue weighted by Crippen LogP contribution is -2.28. The third-order valence-corrected chi connectivity index (χ3v) is 3.35. The molecule has 0 bridgehead atoms. The summed E-state index contributed by atoms with van der Waals surface area (Å²) in [6.07, 6.45) is 8.70. The summed E-state index contributed by atoms with van der Waals surface area (Å²) >= 11 is 0. The Balaban J connectivity index is 1.92. The van der Waals surface area contributed by atoms with Crippen LogP contribution in [0, 0.1) is 11.8 Å². The van der Waals surface area contributed by atoms with Crippen LogP contribution in [0.2, 0.25) is 0 Å². The van der Waals surface area contributed by atoms with Gasteiger partial charge in [-0.1, -0.05) is 39.0 Å². The summed E-state index contributed by atoms with van der Waals surface area (Å²) in [5, 5.41) is 3.50. The van der Waals surface area contributed by atoms with Gasteiger partial charge in [-0.15, -0.1) is 0 Å². The van der Waals surface area contributed by atoms with E-state index < -0.39 is 0 Å². The molecule has 84 valence electrons. The maximum atomic E-state index is 5.56. The molecule has 0 aromatic carbocycles. The van der Waals surface area contributed by atoms with Gasteiger partial charge in [0, 0.05) is 0 Å². The number of hydrogen-bond donors (Lipinski definition) is 2. The standard InChI is InChI=1S/C12H26N2/c1-11(9-13)10-14-8-7-12-5-3-2-4-6-12/h11-12,14H,2-10,13H2,1H3. The van der Waals surface area contributed by atoms with Gasteiger partial charge in [-0.25, -0.2) is 0 Å². The summed E-state index contributed by atoms with van der Waals surface area (Å²) in [5.74, 6) is 1.63. The summed E-state index contributed by atoms with van der Waals surface area (Å²) in [6.45, 7) is 5.28. The van der Waals surface area contributed by atoms with Crippen LogP contribution in [0.3, 0.4) is 0 Å². The molecule has 1 unspecified atom stereocenters. The molecule has 1 aliphatic rings. The van der Waals surface area contributed by atoms with Gasteiger partial charge < -0.3 is 11.1 Å². The van der Waals surface area contributed by atoms with Crippen molar-refractivity contribution in [2.45, 2.75) is 45.4 Å². The smallest absolute Gasteiger partial charge is 0.00111 e. The number of nitrogens with one attached hydrogen (secondary N) is 1. The average Bonchev–Trinajstić information content (AvgIpc) is 2.25. The monoisotopic (exact) mass is 198 g/mol.